The smallest absolute Gasteiger partial charge is 0.176 e. The standard InChI is InChI=1S/C14H17F2NO/c1-3-14(6-7-17-8-14)13(18)11-10(15)5-4-9(2)12(11)16/h4-5,17H,3,6-8H2,1-2H3. The Balaban J connectivity index is 2.49. The normalized spacial score (nSPS) is 23.3. The van der Waals surface area contributed by atoms with E-state index < -0.39 is 22.8 Å². The molecule has 1 fully saturated rings. The van der Waals surface area contributed by atoms with Crippen molar-refractivity contribution < 1.29 is 13.6 Å². The Labute approximate surface area is 105 Å². The Kier molecular flexibility index (Phi) is 3.48. The summed E-state index contributed by atoms with van der Waals surface area (Å²) in [5.41, 5.74) is -0.729. The molecule has 0 bridgehead atoms. The zero-order valence-corrected chi connectivity index (χ0v) is 10.6. The van der Waals surface area contributed by atoms with Crippen molar-refractivity contribution >= 4 is 5.78 Å². The fraction of sp³-hybridized carbons (Fsp3) is 0.500. The van der Waals surface area contributed by atoms with Crippen molar-refractivity contribution in [2.75, 3.05) is 13.1 Å². The molecule has 0 spiro atoms. The Hall–Kier alpha value is -1.29. The first-order valence-corrected chi connectivity index (χ1v) is 6.22. The molecule has 1 N–H and O–H groups in total. The van der Waals surface area contributed by atoms with Crippen molar-refractivity contribution in [2.45, 2.75) is 26.7 Å². The number of rotatable bonds is 3. The van der Waals surface area contributed by atoms with Gasteiger partial charge in [-0.3, -0.25) is 4.79 Å². The van der Waals surface area contributed by atoms with Crippen LogP contribution in [0.3, 0.4) is 0 Å². The lowest BCUT2D eigenvalue weighted by atomic mass is 9.77. The summed E-state index contributed by atoms with van der Waals surface area (Å²) in [6, 6.07) is 2.52. The predicted molar refractivity (Wildman–Crippen MR) is 65.6 cm³/mol. The predicted octanol–water partition coefficient (Wildman–Crippen LogP) is 2.85. The largest absolute Gasteiger partial charge is 0.316 e. The molecule has 2 nitrogen and oxygen atoms in total. The van der Waals surface area contributed by atoms with E-state index in [-0.39, 0.29) is 5.56 Å². The average Bonchev–Trinajstić information content (AvgIpc) is 2.84. The number of nitrogens with one attached hydrogen (secondary N) is 1. The van der Waals surface area contributed by atoms with Crippen molar-refractivity contribution in [3.05, 3.63) is 34.9 Å². The maximum Gasteiger partial charge on any atom is 0.176 e. The number of aryl methyl sites for hydroxylation is 1. The average molecular weight is 253 g/mol. The first-order valence-electron chi connectivity index (χ1n) is 6.22. The summed E-state index contributed by atoms with van der Waals surface area (Å²) in [5, 5.41) is 3.10. The molecule has 18 heavy (non-hydrogen) atoms. The van der Waals surface area contributed by atoms with Crippen molar-refractivity contribution in [1.29, 1.82) is 0 Å². The van der Waals surface area contributed by atoms with Crippen LogP contribution in [0.25, 0.3) is 0 Å². The van der Waals surface area contributed by atoms with Crippen LogP contribution in [0, 0.1) is 24.0 Å². The van der Waals surface area contributed by atoms with Gasteiger partial charge in [-0.25, -0.2) is 8.78 Å². The molecular formula is C14H17F2NO. The summed E-state index contributed by atoms with van der Waals surface area (Å²) in [6.45, 7) is 4.64. The SMILES string of the molecule is CCC1(C(=O)c2c(F)ccc(C)c2F)CCNC1. The molecule has 98 valence electrons. The number of halogens is 2. The number of carbonyl (C=O) groups excluding carboxylic acids is 1. The summed E-state index contributed by atoms with van der Waals surface area (Å²) in [5.74, 6) is -1.89. The summed E-state index contributed by atoms with van der Waals surface area (Å²) < 4.78 is 27.8. The third-order valence-electron chi connectivity index (χ3n) is 3.91. The van der Waals surface area contributed by atoms with Gasteiger partial charge < -0.3 is 5.32 Å². The molecule has 1 aliphatic heterocycles. The minimum absolute atomic E-state index is 0.303. The molecule has 1 aromatic rings. The lowest BCUT2D eigenvalue weighted by Gasteiger charge is -2.25. The third-order valence-corrected chi connectivity index (χ3v) is 3.91. The summed E-state index contributed by atoms with van der Waals surface area (Å²) >= 11 is 0. The summed E-state index contributed by atoms with van der Waals surface area (Å²) in [4.78, 5) is 12.5. The van der Waals surface area contributed by atoms with E-state index in [9.17, 15) is 13.6 Å². The molecule has 1 unspecified atom stereocenters. The molecule has 1 saturated heterocycles. The fourth-order valence-corrected chi connectivity index (χ4v) is 2.53. The van der Waals surface area contributed by atoms with Gasteiger partial charge in [-0.1, -0.05) is 13.0 Å². The highest BCUT2D eigenvalue weighted by atomic mass is 19.1. The van der Waals surface area contributed by atoms with E-state index in [1.54, 1.807) is 0 Å². The first-order chi connectivity index (χ1) is 8.52. The molecule has 0 aliphatic carbocycles. The number of hydrogen-bond donors (Lipinski definition) is 1. The fourth-order valence-electron chi connectivity index (χ4n) is 2.53. The number of carbonyl (C=O) groups is 1. The second-order valence-electron chi connectivity index (χ2n) is 4.94. The molecule has 1 aliphatic rings. The van der Waals surface area contributed by atoms with E-state index >= 15 is 0 Å². The van der Waals surface area contributed by atoms with Crippen LogP contribution in [-0.2, 0) is 0 Å². The van der Waals surface area contributed by atoms with Gasteiger partial charge in [0.2, 0.25) is 0 Å². The van der Waals surface area contributed by atoms with Crippen LogP contribution in [0.15, 0.2) is 12.1 Å². The first kappa shape index (κ1) is 13.1. The Morgan fingerprint density at radius 1 is 1.44 bits per heavy atom. The van der Waals surface area contributed by atoms with Crippen LogP contribution in [-0.4, -0.2) is 18.9 Å². The molecule has 4 heteroatoms. The zero-order chi connectivity index (χ0) is 13.3. The van der Waals surface area contributed by atoms with E-state index in [1.165, 1.54) is 13.0 Å². The van der Waals surface area contributed by atoms with Gasteiger partial charge in [-0.2, -0.15) is 0 Å². The second kappa shape index (κ2) is 4.76. The van der Waals surface area contributed by atoms with Gasteiger partial charge in [0.25, 0.3) is 0 Å². The third kappa shape index (κ3) is 1.94. The van der Waals surface area contributed by atoms with Crippen LogP contribution >= 0.6 is 0 Å². The molecule has 1 heterocycles. The summed E-state index contributed by atoms with van der Waals surface area (Å²) in [7, 11) is 0. The molecule has 0 aromatic heterocycles. The van der Waals surface area contributed by atoms with Crippen molar-refractivity contribution in [3.63, 3.8) is 0 Å². The minimum Gasteiger partial charge on any atom is -0.316 e. The van der Waals surface area contributed by atoms with E-state index in [2.05, 4.69) is 5.32 Å². The van der Waals surface area contributed by atoms with Gasteiger partial charge in [0, 0.05) is 12.0 Å². The maximum atomic E-state index is 14.0. The van der Waals surface area contributed by atoms with Crippen molar-refractivity contribution in [1.82, 2.24) is 5.32 Å². The number of hydrogen-bond acceptors (Lipinski definition) is 2. The topological polar surface area (TPSA) is 29.1 Å². The second-order valence-corrected chi connectivity index (χ2v) is 4.94. The van der Waals surface area contributed by atoms with Gasteiger partial charge in [0.15, 0.2) is 5.78 Å². The lowest BCUT2D eigenvalue weighted by molar-refractivity contribution is 0.0801. The van der Waals surface area contributed by atoms with E-state index in [1.807, 2.05) is 6.92 Å². The van der Waals surface area contributed by atoms with Crippen LogP contribution < -0.4 is 5.32 Å². The highest BCUT2D eigenvalue weighted by Gasteiger charge is 2.42. The van der Waals surface area contributed by atoms with Crippen LogP contribution in [0.5, 0.6) is 0 Å². The van der Waals surface area contributed by atoms with Crippen molar-refractivity contribution in [3.8, 4) is 0 Å². The maximum absolute atomic E-state index is 14.0. The molecule has 2 rings (SSSR count). The van der Waals surface area contributed by atoms with E-state index in [0.29, 0.717) is 31.5 Å². The van der Waals surface area contributed by atoms with Crippen LogP contribution in [0.4, 0.5) is 8.78 Å². The van der Waals surface area contributed by atoms with Crippen LogP contribution in [0.2, 0.25) is 0 Å². The van der Waals surface area contributed by atoms with Gasteiger partial charge in [0.05, 0.1) is 5.56 Å². The number of benzene rings is 1. The van der Waals surface area contributed by atoms with Gasteiger partial charge in [-0.05, 0) is 37.9 Å². The number of Topliss-reactive ketones (excluding diaryl/α,β-unsaturated/α-hetero) is 1. The Morgan fingerprint density at radius 3 is 2.72 bits per heavy atom. The quantitative estimate of drug-likeness (QED) is 0.839. The lowest BCUT2D eigenvalue weighted by Crippen LogP contribution is -2.34. The van der Waals surface area contributed by atoms with Gasteiger partial charge in [0.1, 0.15) is 11.6 Å². The zero-order valence-electron chi connectivity index (χ0n) is 10.6. The number of ketones is 1. The minimum atomic E-state index is -0.761. The van der Waals surface area contributed by atoms with Gasteiger partial charge >= 0.3 is 0 Å². The van der Waals surface area contributed by atoms with E-state index in [4.69, 9.17) is 0 Å². The molecular weight excluding hydrogens is 236 g/mol. The monoisotopic (exact) mass is 253 g/mol. The summed E-state index contributed by atoms with van der Waals surface area (Å²) in [6.07, 6.45) is 1.22. The molecule has 1 atom stereocenters. The van der Waals surface area contributed by atoms with Crippen LogP contribution in [0.1, 0.15) is 35.7 Å². The van der Waals surface area contributed by atoms with Crippen molar-refractivity contribution in [2.24, 2.45) is 5.41 Å². The highest BCUT2D eigenvalue weighted by Crippen LogP contribution is 2.35. The molecule has 1 aromatic carbocycles. The molecule has 0 amide bonds. The highest BCUT2D eigenvalue weighted by molar-refractivity contribution is 6.01. The Morgan fingerprint density at radius 2 is 2.17 bits per heavy atom. The molecule has 0 saturated carbocycles. The Bertz CT molecular complexity index is 479. The van der Waals surface area contributed by atoms with Gasteiger partial charge in [-0.15, -0.1) is 0 Å². The van der Waals surface area contributed by atoms with E-state index in [0.717, 1.165) is 6.07 Å². The molecule has 0 radical (unpaired) electrons.